The van der Waals surface area contributed by atoms with E-state index in [9.17, 15) is 9.59 Å². The summed E-state index contributed by atoms with van der Waals surface area (Å²) >= 11 is 0. The maximum atomic E-state index is 10.9. The van der Waals surface area contributed by atoms with E-state index in [1.165, 1.54) is 18.4 Å². The average Bonchev–Trinajstić information content (AvgIpc) is 2.70. The van der Waals surface area contributed by atoms with E-state index in [1.807, 2.05) is 0 Å². The van der Waals surface area contributed by atoms with E-state index >= 15 is 0 Å². The Balaban J connectivity index is 2.29. The highest BCUT2D eigenvalue weighted by Crippen LogP contribution is 2.12. The highest BCUT2D eigenvalue weighted by atomic mass is 16.3. The number of furan rings is 1. The predicted octanol–water partition coefficient (Wildman–Crippen LogP) is 0.752. The van der Waals surface area contributed by atoms with Gasteiger partial charge in [-0.15, -0.1) is 0 Å². The van der Waals surface area contributed by atoms with Gasteiger partial charge < -0.3 is 9.52 Å². The lowest BCUT2D eigenvalue weighted by molar-refractivity contribution is 0.461. The first-order chi connectivity index (χ1) is 6.70. The number of hydrogen-bond donors (Lipinski definition) is 1. The Morgan fingerprint density at radius 2 is 2.00 bits per heavy atom. The molecule has 70 valence electrons. The van der Waals surface area contributed by atoms with Crippen molar-refractivity contribution in [3.8, 4) is 5.75 Å². The summed E-state index contributed by atoms with van der Waals surface area (Å²) in [5, 5.41) is 9.00. The zero-order valence-electron chi connectivity index (χ0n) is 7.06. The lowest BCUT2D eigenvalue weighted by Gasteiger charge is -1.97. The SMILES string of the molecule is O=c1c(O)c(/C=C/c2ccco2)c1=O. The minimum absolute atomic E-state index is 0.0337. The first-order valence-electron chi connectivity index (χ1n) is 3.94. The van der Waals surface area contributed by atoms with Gasteiger partial charge in [-0.3, -0.25) is 9.59 Å². The Labute approximate surface area is 78.4 Å². The second-order valence-corrected chi connectivity index (χ2v) is 2.77. The van der Waals surface area contributed by atoms with Crippen LogP contribution in [-0.4, -0.2) is 5.11 Å². The van der Waals surface area contributed by atoms with Crippen LogP contribution in [0.25, 0.3) is 12.2 Å². The van der Waals surface area contributed by atoms with Gasteiger partial charge in [0.25, 0.3) is 5.43 Å². The molecule has 0 fully saturated rings. The van der Waals surface area contributed by atoms with Gasteiger partial charge in [0.1, 0.15) is 5.76 Å². The van der Waals surface area contributed by atoms with Crippen LogP contribution >= 0.6 is 0 Å². The van der Waals surface area contributed by atoms with Crippen LogP contribution in [0.1, 0.15) is 11.3 Å². The van der Waals surface area contributed by atoms with Crippen molar-refractivity contribution in [2.24, 2.45) is 0 Å². The van der Waals surface area contributed by atoms with Crippen LogP contribution in [0, 0.1) is 0 Å². The summed E-state index contributed by atoms with van der Waals surface area (Å²) in [6.07, 6.45) is 4.36. The summed E-state index contributed by atoms with van der Waals surface area (Å²) in [5.41, 5.74) is -1.46. The van der Waals surface area contributed by atoms with Crippen molar-refractivity contribution in [1.82, 2.24) is 0 Å². The second-order valence-electron chi connectivity index (χ2n) is 2.77. The lowest BCUT2D eigenvalue weighted by Crippen LogP contribution is -2.32. The molecule has 0 atom stereocenters. The zero-order valence-corrected chi connectivity index (χ0v) is 7.06. The van der Waals surface area contributed by atoms with Gasteiger partial charge in [0.15, 0.2) is 5.75 Å². The standard InChI is InChI=1S/C10H6O4/c11-8-7(9(12)10(8)13)4-3-6-2-1-5-14-6/h1-5,11H/b4-3+. The Bertz CT molecular complexity index is 539. The summed E-state index contributed by atoms with van der Waals surface area (Å²) in [5.74, 6) is 0.0789. The molecule has 0 unspecified atom stereocenters. The van der Waals surface area contributed by atoms with Crippen LogP contribution in [-0.2, 0) is 0 Å². The van der Waals surface area contributed by atoms with Crippen LogP contribution in [0.4, 0.5) is 0 Å². The summed E-state index contributed by atoms with van der Waals surface area (Å²) < 4.78 is 4.96. The minimum Gasteiger partial charge on any atom is -0.504 e. The molecule has 0 aliphatic carbocycles. The molecule has 0 radical (unpaired) electrons. The van der Waals surface area contributed by atoms with Gasteiger partial charge in [-0.2, -0.15) is 0 Å². The first kappa shape index (κ1) is 8.50. The number of aromatic hydroxyl groups is 1. The lowest BCUT2D eigenvalue weighted by atomic mass is 10.1. The van der Waals surface area contributed by atoms with Crippen molar-refractivity contribution in [2.45, 2.75) is 0 Å². The fraction of sp³-hybridized carbons (Fsp3) is 0. The van der Waals surface area contributed by atoms with E-state index in [2.05, 4.69) is 0 Å². The van der Waals surface area contributed by atoms with Crippen molar-refractivity contribution >= 4 is 12.2 Å². The topological polar surface area (TPSA) is 67.5 Å². The van der Waals surface area contributed by atoms with E-state index < -0.39 is 16.6 Å². The molecule has 14 heavy (non-hydrogen) atoms. The molecule has 0 spiro atoms. The molecule has 0 saturated carbocycles. The van der Waals surface area contributed by atoms with Gasteiger partial charge >= 0.3 is 0 Å². The molecular formula is C10H6O4. The molecule has 2 rings (SSSR count). The molecule has 0 aliphatic heterocycles. The van der Waals surface area contributed by atoms with Gasteiger partial charge in [-0.1, -0.05) is 0 Å². The molecular weight excluding hydrogens is 184 g/mol. The summed E-state index contributed by atoms with van der Waals surface area (Å²) in [7, 11) is 0. The molecule has 1 aromatic carbocycles. The molecule has 1 aromatic heterocycles. The van der Waals surface area contributed by atoms with Crippen LogP contribution in [0.5, 0.6) is 5.75 Å². The molecule has 1 heterocycles. The van der Waals surface area contributed by atoms with Crippen LogP contribution in [0.15, 0.2) is 32.4 Å². The van der Waals surface area contributed by atoms with Gasteiger partial charge in [-0.05, 0) is 24.3 Å². The second kappa shape index (κ2) is 2.99. The number of rotatable bonds is 2. The summed E-state index contributed by atoms with van der Waals surface area (Å²) in [6.45, 7) is 0. The molecule has 0 saturated heterocycles. The zero-order chi connectivity index (χ0) is 10.1. The third kappa shape index (κ3) is 1.17. The van der Waals surface area contributed by atoms with Crippen LogP contribution in [0.3, 0.4) is 0 Å². The van der Waals surface area contributed by atoms with E-state index in [0.29, 0.717) is 5.76 Å². The fourth-order valence-corrected chi connectivity index (χ4v) is 1.10. The Hall–Kier alpha value is -2.10. The Kier molecular flexibility index (Phi) is 1.81. The van der Waals surface area contributed by atoms with Crippen molar-refractivity contribution in [3.63, 3.8) is 0 Å². The molecule has 0 aliphatic rings. The van der Waals surface area contributed by atoms with Gasteiger partial charge in [0.05, 0.1) is 11.8 Å². The predicted molar refractivity (Wildman–Crippen MR) is 50.7 cm³/mol. The number of hydrogen-bond acceptors (Lipinski definition) is 4. The molecule has 0 amide bonds. The van der Waals surface area contributed by atoms with Gasteiger partial charge in [0, 0.05) is 0 Å². The molecule has 0 bridgehead atoms. The molecule has 2 aromatic rings. The largest absolute Gasteiger partial charge is 0.504 e. The van der Waals surface area contributed by atoms with E-state index in [4.69, 9.17) is 9.52 Å². The summed E-state index contributed by atoms with van der Waals surface area (Å²) in [6, 6.07) is 3.39. The maximum Gasteiger partial charge on any atom is 0.268 e. The smallest absolute Gasteiger partial charge is 0.268 e. The van der Waals surface area contributed by atoms with Crippen molar-refractivity contribution in [3.05, 3.63) is 50.2 Å². The molecule has 4 nitrogen and oxygen atoms in total. The normalized spacial score (nSPS) is 11.4. The monoisotopic (exact) mass is 190 g/mol. The minimum atomic E-state index is -0.830. The summed E-state index contributed by atoms with van der Waals surface area (Å²) in [4.78, 5) is 21.5. The third-order valence-electron chi connectivity index (χ3n) is 1.88. The van der Waals surface area contributed by atoms with Crippen LogP contribution in [0.2, 0.25) is 0 Å². The van der Waals surface area contributed by atoms with Gasteiger partial charge in [0.2, 0.25) is 5.43 Å². The average molecular weight is 190 g/mol. The Morgan fingerprint density at radius 1 is 1.21 bits per heavy atom. The molecule has 1 N–H and O–H groups in total. The quantitative estimate of drug-likeness (QED) is 0.709. The third-order valence-corrected chi connectivity index (χ3v) is 1.88. The van der Waals surface area contributed by atoms with E-state index in [0.717, 1.165) is 0 Å². The fourth-order valence-electron chi connectivity index (χ4n) is 1.10. The highest BCUT2D eigenvalue weighted by Gasteiger charge is 2.16. The van der Waals surface area contributed by atoms with Crippen molar-refractivity contribution in [1.29, 1.82) is 0 Å². The maximum absolute atomic E-state index is 10.9. The first-order valence-corrected chi connectivity index (χ1v) is 3.94. The van der Waals surface area contributed by atoms with Crippen molar-refractivity contribution in [2.75, 3.05) is 0 Å². The Morgan fingerprint density at radius 3 is 2.57 bits per heavy atom. The van der Waals surface area contributed by atoms with E-state index in [-0.39, 0.29) is 5.56 Å². The van der Waals surface area contributed by atoms with E-state index in [1.54, 1.807) is 12.1 Å². The highest BCUT2D eigenvalue weighted by molar-refractivity contribution is 5.72. The molecule has 4 heteroatoms. The van der Waals surface area contributed by atoms with Crippen molar-refractivity contribution < 1.29 is 9.52 Å². The van der Waals surface area contributed by atoms with Gasteiger partial charge in [-0.25, -0.2) is 0 Å². The van der Waals surface area contributed by atoms with Crippen LogP contribution < -0.4 is 10.9 Å².